The smallest absolute Gasteiger partial charge is 0.235 e. The third-order valence-corrected chi connectivity index (χ3v) is 3.21. The van der Waals surface area contributed by atoms with Crippen LogP contribution in [0.1, 0.15) is 16.1 Å². The largest absolute Gasteiger partial charge is 0.485 e. The predicted molar refractivity (Wildman–Crippen MR) is 77.2 cm³/mol. The number of carbonyl (C=O) groups excluding carboxylic acids is 1. The molecule has 21 heavy (non-hydrogen) atoms. The van der Waals surface area contributed by atoms with E-state index in [1.54, 1.807) is 31.2 Å². The summed E-state index contributed by atoms with van der Waals surface area (Å²) < 4.78 is 24.1. The second kappa shape index (κ2) is 5.40. The molecule has 3 aromatic rings. The highest BCUT2D eigenvalue weighted by Crippen LogP contribution is 2.20. The number of benzene rings is 2. The van der Waals surface area contributed by atoms with Crippen LogP contribution in [0, 0.1) is 12.7 Å². The summed E-state index contributed by atoms with van der Waals surface area (Å²) in [7, 11) is 0. The zero-order chi connectivity index (χ0) is 14.8. The van der Waals surface area contributed by atoms with Crippen LogP contribution in [-0.4, -0.2) is 12.4 Å². The molecule has 4 heteroatoms. The number of ketones is 1. The van der Waals surface area contributed by atoms with E-state index in [9.17, 15) is 9.18 Å². The maximum atomic E-state index is 13.4. The normalized spacial score (nSPS) is 10.8. The van der Waals surface area contributed by atoms with Crippen molar-refractivity contribution < 1.29 is 18.3 Å². The van der Waals surface area contributed by atoms with Crippen LogP contribution in [0.25, 0.3) is 11.0 Å². The fourth-order valence-electron chi connectivity index (χ4n) is 2.00. The maximum Gasteiger partial charge on any atom is 0.235 e. The lowest BCUT2D eigenvalue weighted by atomic mass is 10.2. The van der Waals surface area contributed by atoms with Gasteiger partial charge in [-0.1, -0.05) is 24.3 Å². The number of ether oxygens (including phenoxy) is 1. The van der Waals surface area contributed by atoms with Gasteiger partial charge in [0.2, 0.25) is 5.78 Å². The molecule has 0 atom stereocenters. The lowest BCUT2D eigenvalue weighted by Gasteiger charge is -2.05. The fourth-order valence-corrected chi connectivity index (χ4v) is 2.00. The maximum absolute atomic E-state index is 13.4. The van der Waals surface area contributed by atoms with Gasteiger partial charge >= 0.3 is 0 Å². The van der Waals surface area contributed by atoms with E-state index in [0.717, 1.165) is 5.39 Å². The lowest BCUT2D eigenvalue weighted by Crippen LogP contribution is -2.10. The summed E-state index contributed by atoms with van der Waals surface area (Å²) in [5, 5.41) is 0.863. The number of halogens is 1. The van der Waals surface area contributed by atoms with E-state index in [4.69, 9.17) is 9.15 Å². The van der Waals surface area contributed by atoms with Crippen LogP contribution < -0.4 is 4.74 Å². The number of fused-ring (bicyclic) bond motifs is 1. The molecule has 2 aromatic carbocycles. The van der Waals surface area contributed by atoms with Gasteiger partial charge in [0.15, 0.2) is 12.4 Å². The van der Waals surface area contributed by atoms with Crippen LogP contribution in [0.5, 0.6) is 5.75 Å². The first-order chi connectivity index (χ1) is 10.1. The monoisotopic (exact) mass is 284 g/mol. The Morgan fingerprint density at radius 1 is 1.19 bits per heavy atom. The van der Waals surface area contributed by atoms with Crippen LogP contribution in [0.3, 0.4) is 0 Å². The van der Waals surface area contributed by atoms with Crippen molar-refractivity contribution in [2.45, 2.75) is 6.92 Å². The summed E-state index contributed by atoms with van der Waals surface area (Å²) in [4.78, 5) is 12.0. The number of Topliss-reactive ketones (excluding diaryl/α,β-unsaturated/α-hetero) is 1. The molecule has 0 radical (unpaired) electrons. The molecule has 106 valence electrons. The first-order valence-electron chi connectivity index (χ1n) is 6.54. The Balaban J connectivity index is 1.72. The topological polar surface area (TPSA) is 39.4 Å². The minimum absolute atomic E-state index is 0.192. The summed E-state index contributed by atoms with van der Waals surface area (Å²) in [6.45, 7) is 1.47. The first kappa shape index (κ1) is 13.4. The summed E-state index contributed by atoms with van der Waals surface area (Å²) >= 11 is 0. The molecule has 3 nitrogen and oxygen atoms in total. The molecule has 1 aromatic heterocycles. The highest BCUT2D eigenvalue weighted by Gasteiger charge is 2.13. The van der Waals surface area contributed by atoms with Gasteiger partial charge in [-0.15, -0.1) is 0 Å². The summed E-state index contributed by atoms with van der Waals surface area (Å²) in [5.41, 5.74) is 1.19. The molecule has 0 unspecified atom stereocenters. The molecule has 0 saturated carbocycles. The molecule has 0 aliphatic carbocycles. The van der Waals surface area contributed by atoms with E-state index in [2.05, 4.69) is 0 Å². The quantitative estimate of drug-likeness (QED) is 0.676. The third kappa shape index (κ3) is 2.79. The van der Waals surface area contributed by atoms with Gasteiger partial charge in [0.05, 0.1) is 0 Å². The van der Waals surface area contributed by atoms with Crippen LogP contribution in [-0.2, 0) is 0 Å². The standard InChI is InChI=1S/C17H13FO3/c1-11-6-7-13(9-14(11)18)20-10-15(19)17-8-12-4-2-3-5-16(12)21-17/h2-9H,10H2,1H3. The van der Waals surface area contributed by atoms with Crippen molar-refractivity contribution in [2.24, 2.45) is 0 Å². The Morgan fingerprint density at radius 2 is 2.00 bits per heavy atom. The van der Waals surface area contributed by atoms with Gasteiger partial charge in [-0.05, 0) is 30.7 Å². The zero-order valence-electron chi connectivity index (χ0n) is 11.4. The molecule has 0 N–H and O–H groups in total. The van der Waals surface area contributed by atoms with Crippen molar-refractivity contribution in [2.75, 3.05) is 6.61 Å². The molecule has 1 heterocycles. The Kier molecular flexibility index (Phi) is 3.44. The van der Waals surface area contributed by atoms with E-state index in [1.165, 1.54) is 6.07 Å². The number of carbonyl (C=O) groups is 1. The Hall–Kier alpha value is -2.62. The number of rotatable bonds is 4. The molecule has 0 aliphatic heterocycles. The number of furan rings is 1. The fraction of sp³-hybridized carbons (Fsp3) is 0.118. The van der Waals surface area contributed by atoms with E-state index in [0.29, 0.717) is 16.9 Å². The van der Waals surface area contributed by atoms with Gasteiger partial charge in [-0.2, -0.15) is 0 Å². The Bertz CT molecular complexity index is 772. The second-order valence-electron chi connectivity index (χ2n) is 4.77. The predicted octanol–water partition coefficient (Wildman–Crippen LogP) is 4.14. The molecule has 0 spiro atoms. The van der Waals surface area contributed by atoms with Crippen LogP contribution in [0.4, 0.5) is 4.39 Å². The number of aryl methyl sites for hydroxylation is 1. The number of hydrogen-bond donors (Lipinski definition) is 0. The zero-order valence-corrected chi connectivity index (χ0v) is 11.4. The average molecular weight is 284 g/mol. The van der Waals surface area contributed by atoms with Gasteiger partial charge in [0.1, 0.15) is 17.1 Å². The third-order valence-electron chi connectivity index (χ3n) is 3.21. The minimum atomic E-state index is -0.358. The van der Waals surface area contributed by atoms with E-state index < -0.39 is 0 Å². The molecule has 0 aliphatic rings. The molecular weight excluding hydrogens is 271 g/mol. The first-order valence-corrected chi connectivity index (χ1v) is 6.54. The Labute approximate surface area is 120 Å². The van der Waals surface area contributed by atoms with Crippen LogP contribution in [0.2, 0.25) is 0 Å². The number of hydrogen-bond acceptors (Lipinski definition) is 3. The van der Waals surface area contributed by atoms with Crippen molar-refractivity contribution in [1.29, 1.82) is 0 Å². The van der Waals surface area contributed by atoms with Crippen LogP contribution in [0.15, 0.2) is 52.9 Å². The summed E-state index contributed by atoms with van der Waals surface area (Å²) in [6, 6.07) is 13.6. The SMILES string of the molecule is Cc1ccc(OCC(=O)c2cc3ccccc3o2)cc1F. The van der Waals surface area contributed by atoms with E-state index >= 15 is 0 Å². The minimum Gasteiger partial charge on any atom is -0.485 e. The number of para-hydroxylation sites is 1. The van der Waals surface area contributed by atoms with Crippen molar-refractivity contribution in [3.63, 3.8) is 0 Å². The molecule has 0 bridgehead atoms. The van der Waals surface area contributed by atoms with Gasteiger partial charge in [0, 0.05) is 11.5 Å². The van der Waals surface area contributed by atoms with Gasteiger partial charge in [-0.3, -0.25) is 4.79 Å². The summed E-state index contributed by atoms with van der Waals surface area (Å²) in [6.07, 6.45) is 0. The Morgan fingerprint density at radius 3 is 2.76 bits per heavy atom. The van der Waals surface area contributed by atoms with Gasteiger partial charge in [-0.25, -0.2) is 4.39 Å². The van der Waals surface area contributed by atoms with E-state index in [-0.39, 0.29) is 24.0 Å². The molecule has 0 saturated heterocycles. The van der Waals surface area contributed by atoms with Crippen molar-refractivity contribution in [3.05, 3.63) is 65.7 Å². The molecule has 3 rings (SSSR count). The second-order valence-corrected chi connectivity index (χ2v) is 4.77. The van der Waals surface area contributed by atoms with Crippen molar-refractivity contribution >= 4 is 16.8 Å². The van der Waals surface area contributed by atoms with Crippen LogP contribution >= 0.6 is 0 Å². The highest BCUT2D eigenvalue weighted by atomic mass is 19.1. The molecular formula is C17H13FO3. The molecule has 0 fully saturated rings. The molecule has 0 amide bonds. The van der Waals surface area contributed by atoms with Gasteiger partial charge < -0.3 is 9.15 Å². The summed E-state index contributed by atoms with van der Waals surface area (Å²) in [5.74, 6) is -0.0813. The highest BCUT2D eigenvalue weighted by molar-refractivity contribution is 5.98. The van der Waals surface area contributed by atoms with Gasteiger partial charge in [0.25, 0.3) is 0 Å². The van der Waals surface area contributed by atoms with E-state index in [1.807, 2.05) is 18.2 Å². The average Bonchev–Trinajstić information content (AvgIpc) is 2.92. The lowest BCUT2D eigenvalue weighted by molar-refractivity contribution is 0.0895. The van der Waals surface area contributed by atoms with Crippen molar-refractivity contribution in [3.8, 4) is 5.75 Å². The van der Waals surface area contributed by atoms with Crippen molar-refractivity contribution in [1.82, 2.24) is 0 Å².